The Bertz CT molecular complexity index is 1140. The van der Waals surface area contributed by atoms with Gasteiger partial charge in [-0.05, 0) is 60.3 Å². The first-order valence-corrected chi connectivity index (χ1v) is 12.8. The molecule has 5 rings (SSSR count). The van der Waals surface area contributed by atoms with E-state index in [9.17, 15) is 4.79 Å². The second kappa shape index (κ2) is 10.6. The molecule has 5 nitrogen and oxygen atoms in total. The lowest BCUT2D eigenvalue weighted by molar-refractivity contribution is 0.0886. The highest BCUT2D eigenvalue weighted by Crippen LogP contribution is 2.31. The first-order chi connectivity index (χ1) is 17.1. The maximum Gasteiger partial charge on any atom is 0.251 e. The van der Waals surface area contributed by atoms with Crippen molar-refractivity contribution in [3.8, 4) is 11.1 Å². The number of aryl methyl sites for hydroxylation is 1. The Morgan fingerprint density at radius 3 is 2.31 bits per heavy atom. The molecule has 1 N–H and O–H groups in total. The largest absolute Gasteiger partial charge is 0.374 e. The number of rotatable bonds is 6. The van der Waals surface area contributed by atoms with E-state index in [1.807, 2.05) is 42.5 Å². The van der Waals surface area contributed by atoms with Crippen molar-refractivity contribution < 1.29 is 4.79 Å². The van der Waals surface area contributed by atoms with Crippen LogP contribution in [-0.4, -0.2) is 69.1 Å². The van der Waals surface area contributed by atoms with Gasteiger partial charge in [-0.2, -0.15) is 0 Å². The summed E-state index contributed by atoms with van der Waals surface area (Å²) in [6.45, 7) is 5.86. The molecule has 3 aromatic rings. The molecule has 0 spiro atoms. The molecular weight excluding hydrogens is 432 g/mol. The Hall–Kier alpha value is -3.15. The van der Waals surface area contributed by atoms with E-state index in [1.165, 1.54) is 23.2 Å². The van der Waals surface area contributed by atoms with Gasteiger partial charge in [-0.15, -0.1) is 0 Å². The Morgan fingerprint density at radius 2 is 1.57 bits per heavy atom. The number of likely N-dealkylation sites (N-methyl/N-ethyl adjacent to an activating group) is 1. The SMILES string of the molecule is CN1CCN([C@@H](CNC(=O)c2ccc(-c3ccccc3)cc2)c2ccc3c(c2)CCCN3C)CC1. The van der Waals surface area contributed by atoms with E-state index >= 15 is 0 Å². The molecule has 0 aromatic heterocycles. The van der Waals surface area contributed by atoms with Crippen LogP contribution < -0.4 is 10.2 Å². The molecule has 5 heteroatoms. The van der Waals surface area contributed by atoms with E-state index < -0.39 is 0 Å². The minimum absolute atomic E-state index is 0.0126. The van der Waals surface area contributed by atoms with Gasteiger partial charge in [0.1, 0.15) is 0 Å². The summed E-state index contributed by atoms with van der Waals surface area (Å²) < 4.78 is 0. The van der Waals surface area contributed by atoms with Crippen LogP contribution >= 0.6 is 0 Å². The second-order valence-corrected chi connectivity index (χ2v) is 9.92. The normalized spacial score (nSPS) is 17.6. The van der Waals surface area contributed by atoms with Crippen LogP contribution in [-0.2, 0) is 6.42 Å². The number of hydrogen-bond acceptors (Lipinski definition) is 4. The highest BCUT2D eigenvalue weighted by Gasteiger charge is 2.26. The summed E-state index contributed by atoms with van der Waals surface area (Å²) in [7, 11) is 4.36. The van der Waals surface area contributed by atoms with Gasteiger partial charge in [0.25, 0.3) is 5.91 Å². The number of anilines is 1. The monoisotopic (exact) mass is 468 g/mol. The summed E-state index contributed by atoms with van der Waals surface area (Å²) >= 11 is 0. The third kappa shape index (κ3) is 5.42. The summed E-state index contributed by atoms with van der Waals surface area (Å²) in [5.41, 5.74) is 7.07. The van der Waals surface area contributed by atoms with Gasteiger partial charge in [0.05, 0.1) is 6.04 Å². The fourth-order valence-corrected chi connectivity index (χ4v) is 5.34. The van der Waals surface area contributed by atoms with Gasteiger partial charge in [0.2, 0.25) is 0 Å². The average molecular weight is 469 g/mol. The van der Waals surface area contributed by atoms with Gasteiger partial charge >= 0.3 is 0 Å². The number of carbonyl (C=O) groups is 1. The predicted octanol–water partition coefficient (Wildman–Crippen LogP) is 4.45. The van der Waals surface area contributed by atoms with Crippen molar-refractivity contribution in [2.45, 2.75) is 18.9 Å². The summed E-state index contributed by atoms with van der Waals surface area (Å²) in [5.74, 6) is -0.0126. The number of nitrogens with one attached hydrogen (secondary N) is 1. The lowest BCUT2D eigenvalue weighted by Gasteiger charge is -2.39. The Kier molecular flexibility index (Phi) is 7.16. The molecule has 1 saturated heterocycles. The molecule has 0 radical (unpaired) electrons. The molecule has 1 fully saturated rings. The zero-order valence-corrected chi connectivity index (χ0v) is 20.9. The molecule has 182 valence electrons. The zero-order valence-electron chi connectivity index (χ0n) is 20.9. The number of fused-ring (bicyclic) bond motifs is 1. The topological polar surface area (TPSA) is 38.8 Å². The lowest BCUT2D eigenvalue weighted by atomic mass is 9.95. The van der Waals surface area contributed by atoms with Crippen molar-refractivity contribution in [2.75, 3.05) is 58.3 Å². The summed E-state index contributed by atoms with van der Waals surface area (Å²) in [4.78, 5) is 20.4. The number of nitrogens with zero attached hydrogens (tertiary/aromatic N) is 3. The minimum atomic E-state index is -0.0126. The van der Waals surface area contributed by atoms with Crippen molar-refractivity contribution in [1.29, 1.82) is 0 Å². The average Bonchev–Trinajstić information content (AvgIpc) is 2.90. The van der Waals surface area contributed by atoms with Crippen LogP contribution in [0.25, 0.3) is 11.1 Å². The van der Waals surface area contributed by atoms with Crippen LogP contribution in [0.1, 0.15) is 33.9 Å². The van der Waals surface area contributed by atoms with Crippen LogP contribution in [0.3, 0.4) is 0 Å². The van der Waals surface area contributed by atoms with Crippen molar-refractivity contribution in [2.24, 2.45) is 0 Å². The molecule has 0 aliphatic carbocycles. The molecule has 0 saturated carbocycles. The van der Waals surface area contributed by atoms with E-state index in [4.69, 9.17) is 0 Å². The molecule has 0 unspecified atom stereocenters. The third-order valence-corrected chi connectivity index (χ3v) is 7.53. The molecule has 0 bridgehead atoms. The molecule has 1 atom stereocenters. The van der Waals surface area contributed by atoms with Gasteiger partial charge in [-0.3, -0.25) is 9.69 Å². The molecule has 2 aliphatic rings. The molecule has 2 aliphatic heterocycles. The summed E-state index contributed by atoms with van der Waals surface area (Å²) in [6, 6.07) is 25.3. The molecule has 35 heavy (non-hydrogen) atoms. The Labute approximate surface area is 209 Å². The maximum atomic E-state index is 13.1. The van der Waals surface area contributed by atoms with Gasteiger partial charge < -0.3 is 15.1 Å². The lowest BCUT2D eigenvalue weighted by Crippen LogP contribution is -2.48. The smallest absolute Gasteiger partial charge is 0.251 e. The number of amides is 1. The van der Waals surface area contributed by atoms with Gasteiger partial charge in [-0.25, -0.2) is 0 Å². The standard InChI is InChI=1S/C30H36N4O/c1-32-17-19-34(20-18-32)29(27-14-15-28-26(21-27)9-6-16-33(28)2)22-31-30(35)25-12-10-24(11-13-25)23-7-4-3-5-8-23/h3-5,7-8,10-15,21,29H,6,9,16-20,22H2,1-2H3,(H,31,35)/t29-/m0/s1. The fraction of sp³-hybridized carbons (Fsp3) is 0.367. The van der Waals surface area contributed by atoms with E-state index in [1.54, 1.807) is 0 Å². The number of carbonyl (C=O) groups excluding carboxylic acids is 1. The number of hydrogen-bond donors (Lipinski definition) is 1. The van der Waals surface area contributed by atoms with E-state index in [-0.39, 0.29) is 11.9 Å². The van der Waals surface area contributed by atoms with Gasteiger partial charge in [0, 0.05) is 57.6 Å². The Balaban J connectivity index is 1.32. The number of piperazine rings is 1. The van der Waals surface area contributed by atoms with Crippen molar-refractivity contribution >= 4 is 11.6 Å². The van der Waals surface area contributed by atoms with Crippen LogP contribution in [0.4, 0.5) is 5.69 Å². The highest BCUT2D eigenvalue weighted by atomic mass is 16.1. The predicted molar refractivity (Wildman–Crippen MR) is 144 cm³/mol. The number of benzene rings is 3. The van der Waals surface area contributed by atoms with Crippen molar-refractivity contribution in [3.05, 3.63) is 89.5 Å². The maximum absolute atomic E-state index is 13.1. The van der Waals surface area contributed by atoms with Crippen LogP contribution in [0.15, 0.2) is 72.8 Å². The summed E-state index contributed by atoms with van der Waals surface area (Å²) in [6.07, 6.45) is 2.32. The van der Waals surface area contributed by atoms with E-state index in [0.717, 1.165) is 50.3 Å². The van der Waals surface area contributed by atoms with Crippen LogP contribution in [0.2, 0.25) is 0 Å². The van der Waals surface area contributed by atoms with Crippen LogP contribution in [0, 0.1) is 0 Å². The first-order valence-electron chi connectivity index (χ1n) is 12.8. The first kappa shape index (κ1) is 23.6. The fourth-order valence-electron chi connectivity index (χ4n) is 5.34. The van der Waals surface area contributed by atoms with Crippen LogP contribution in [0.5, 0.6) is 0 Å². The molecule has 1 amide bonds. The third-order valence-electron chi connectivity index (χ3n) is 7.53. The highest BCUT2D eigenvalue weighted by molar-refractivity contribution is 5.94. The minimum Gasteiger partial charge on any atom is -0.374 e. The van der Waals surface area contributed by atoms with Gasteiger partial charge in [0.15, 0.2) is 0 Å². The second-order valence-electron chi connectivity index (χ2n) is 9.92. The van der Waals surface area contributed by atoms with E-state index in [2.05, 4.69) is 64.4 Å². The van der Waals surface area contributed by atoms with E-state index in [0.29, 0.717) is 12.1 Å². The molecule has 2 heterocycles. The van der Waals surface area contributed by atoms with Crippen molar-refractivity contribution in [3.63, 3.8) is 0 Å². The quantitative estimate of drug-likeness (QED) is 0.580. The van der Waals surface area contributed by atoms with Crippen molar-refractivity contribution in [1.82, 2.24) is 15.1 Å². The molecule has 3 aromatic carbocycles. The van der Waals surface area contributed by atoms with Gasteiger partial charge in [-0.1, -0.05) is 54.6 Å². The Morgan fingerprint density at radius 1 is 0.857 bits per heavy atom. The molecular formula is C30H36N4O. The zero-order chi connectivity index (χ0) is 24.2. The summed E-state index contributed by atoms with van der Waals surface area (Å²) in [5, 5.41) is 3.25.